The van der Waals surface area contributed by atoms with E-state index >= 15 is 0 Å². The largest absolute Gasteiger partial charge is 0.454 e. The minimum atomic E-state index is -0.347. The molecular weight excluding hydrogens is 533 g/mol. The van der Waals surface area contributed by atoms with Crippen LogP contribution in [0.15, 0.2) is 34.4 Å². The average molecular weight is 555 g/mol. The van der Waals surface area contributed by atoms with Crippen molar-refractivity contribution in [3.8, 4) is 11.5 Å². The number of carbonyl (C=O) groups excluding carboxylic acids is 1. The summed E-state index contributed by atoms with van der Waals surface area (Å²) in [7, 11) is 0. The van der Waals surface area contributed by atoms with Crippen LogP contribution in [0.2, 0.25) is 0 Å². The summed E-state index contributed by atoms with van der Waals surface area (Å²) in [6.45, 7) is 1.01. The number of nitrogen functional groups attached to an aromatic ring is 1. The summed E-state index contributed by atoms with van der Waals surface area (Å²) < 4.78 is 14.2. The van der Waals surface area contributed by atoms with Crippen molar-refractivity contribution < 1.29 is 19.5 Å². The van der Waals surface area contributed by atoms with Gasteiger partial charge in [-0.15, -0.1) is 0 Å². The number of hydroxylamine groups is 1. The Balaban J connectivity index is 1.52. The predicted octanol–water partition coefficient (Wildman–Crippen LogP) is 3.95. The first-order valence-corrected chi connectivity index (χ1v) is 11.8. The van der Waals surface area contributed by atoms with E-state index in [-0.39, 0.29) is 12.7 Å². The SMILES string of the molecule is Nc1nccc2c1nc(Sc1cc3c(cc1I)OCO3)n2CCCCCCC(=O)NO. The molecule has 1 amide bonds. The number of rotatable bonds is 9. The summed E-state index contributed by atoms with van der Waals surface area (Å²) in [6, 6.07) is 5.88. The van der Waals surface area contributed by atoms with Gasteiger partial charge in [0.2, 0.25) is 12.7 Å². The minimum absolute atomic E-state index is 0.236. The predicted molar refractivity (Wildman–Crippen MR) is 124 cm³/mol. The van der Waals surface area contributed by atoms with Crippen LogP contribution in [0.25, 0.3) is 11.0 Å². The molecule has 2 aromatic heterocycles. The van der Waals surface area contributed by atoms with E-state index in [1.165, 1.54) is 0 Å². The number of nitrogens with one attached hydrogen (secondary N) is 1. The summed E-state index contributed by atoms with van der Waals surface area (Å²) in [5.74, 6) is 1.55. The first-order chi connectivity index (χ1) is 15.1. The molecule has 1 aliphatic heterocycles. The number of anilines is 1. The maximum absolute atomic E-state index is 11.1. The maximum atomic E-state index is 11.1. The molecule has 4 N–H and O–H groups in total. The summed E-state index contributed by atoms with van der Waals surface area (Å²) in [5.41, 5.74) is 9.39. The number of ether oxygens (including phenoxy) is 2. The second kappa shape index (κ2) is 9.92. The second-order valence-electron chi connectivity index (χ2n) is 7.05. The molecule has 1 aromatic carbocycles. The molecule has 31 heavy (non-hydrogen) atoms. The fourth-order valence-corrected chi connectivity index (χ4v) is 5.11. The van der Waals surface area contributed by atoms with Gasteiger partial charge in [0.1, 0.15) is 5.52 Å². The number of nitrogens with two attached hydrogens (primary N) is 1. The number of aryl methyl sites for hydroxylation is 1. The van der Waals surface area contributed by atoms with Crippen molar-refractivity contribution in [1.82, 2.24) is 20.0 Å². The smallest absolute Gasteiger partial charge is 0.243 e. The lowest BCUT2D eigenvalue weighted by Crippen LogP contribution is -2.17. The number of imidazole rings is 1. The Morgan fingerprint density at radius 1 is 1.26 bits per heavy atom. The zero-order valence-electron chi connectivity index (χ0n) is 16.6. The molecule has 0 saturated heterocycles. The fourth-order valence-electron chi connectivity index (χ4n) is 3.38. The van der Waals surface area contributed by atoms with E-state index in [2.05, 4.69) is 32.1 Å². The van der Waals surface area contributed by atoms with Crippen LogP contribution in [0.5, 0.6) is 11.5 Å². The number of benzene rings is 1. The van der Waals surface area contributed by atoms with Crippen molar-refractivity contribution in [2.45, 2.75) is 48.7 Å². The molecule has 1 aliphatic rings. The Labute approximate surface area is 196 Å². The number of amides is 1. The van der Waals surface area contributed by atoms with Gasteiger partial charge in [-0.3, -0.25) is 10.0 Å². The minimum Gasteiger partial charge on any atom is -0.454 e. The van der Waals surface area contributed by atoms with Crippen molar-refractivity contribution in [1.29, 1.82) is 0 Å². The molecule has 11 heteroatoms. The molecule has 9 nitrogen and oxygen atoms in total. The highest BCUT2D eigenvalue weighted by molar-refractivity contribution is 14.1. The van der Waals surface area contributed by atoms with Crippen molar-refractivity contribution in [2.24, 2.45) is 0 Å². The highest BCUT2D eigenvalue weighted by atomic mass is 127. The lowest BCUT2D eigenvalue weighted by Gasteiger charge is -2.10. The Kier molecular flexibility index (Phi) is 7.02. The van der Waals surface area contributed by atoms with Crippen LogP contribution in [0, 0.1) is 3.57 Å². The quantitative estimate of drug-likeness (QED) is 0.157. The van der Waals surface area contributed by atoms with Crippen molar-refractivity contribution in [3.05, 3.63) is 28.0 Å². The summed E-state index contributed by atoms with van der Waals surface area (Å²) in [6.07, 6.45) is 5.57. The molecule has 4 rings (SSSR count). The van der Waals surface area contributed by atoms with Crippen molar-refractivity contribution in [3.63, 3.8) is 0 Å². The highest BCUT2D eigenvalue weighted by Crippen LogP contribution is 2.41. The molecule has 164 valence electrons. The first-order valence-electron chi connectivity index (χ1n) is 9.87. The molecule has 0 unspecified atom stereocenters. The Hall–Kier alpha value is -2.25. The van der Waals surface area contributed by atoms with Crippen LogP contribution >= 0.6 is 34.4 Å². The van der Waals surface area contributed by atoms with Gasteiger partial charge in [-0.2, -0.15) is 0 Å². The highest BCUT2D eigenvalue weighted by Gasteiger charge is 2.20. The topological polar surface area (TPSA) is 125 Å². The summed E-state index contributed by atoms with van der Waals surface area (Å²) in [5, 5.41) is 9.40. The van der Waals surface area contributed by atoms with Crippen molar-refractivity contribution in [2.75, 3.05) is 12.5 Å². The number of unbranched alkanes of at least 4 members (excludes halogenated alkanes) is 3. The molecule has 3 heterocycles. The van der Waals surface area contributed by atoms with E-state index in [1.807, 2.05) is 18.2 Å². The molecule has 0 radical (unpaired) electrons. The number of aromatic nitrogens is 3. The normalized spacial score (nSPS) is 12.5. The van der Waals surface area contributed by atoms with Gasteiger partial charge in [0.25, 0.3) is 0 Å². The number of fused-ring (bicyclic) bond motifs is 2. The first kappa shape index (κ1) is 22.0. The molecule has 0 saturated carbocycles. The number of hydrogen-bond acceptors (Lipinski definition) is 8. The van der Waals surface area contributed by atoms with Gasteiger partial charge in [-0.25, -0.2) is 15.4 Å². The van der Waals surface area contributed by atoms with E-state index in [9.17, 15) is 4.79 Å². The Bertz CT molecular complexity index is 1110. The molecular formula is C20H22IN5O4S. The zero-order chi connectivity index (χ0) is 21.8. The number of pyridine rings is 1. The third kappa shape index (κ3) is 4.99. The number of nitrogens with zero attached hydrogens (tertiary/aromatic N) is 3. The van der Waals surface area contributed by atoms with Gasteiger partial charge < -0.3 is 19.8 Å². The second-order valence-corrected chi connectivity index (χ2v) is 9.22. The number of carbonyl (C=O) groups is 1. The monoisotopic (exact) mass is 555 g/mol. The fraction of sp³-hybridized carbons (Fsp3) is 0.350. The number of halogens is 1. The molecule has 0 spiro atoms. The lowest BCUT2D eigenvalue weighted by molar-refractivity contribution is -0.129. The van der Waals surface area contributed by atoms with Crippen LogP contribution in [-0.4, -0.2) is 32.4 Å². The van der Waals surface area contributed by atoms with E-state index < -0.39 is 0 Å². The van der Waals surface area contributed by atoms with Crippen LogP contribution in [-0.2, 0) is 11.3 Å². The molecule has 0 aliphatic carbocycles. The third-order valence-electron chi connectivity index (χ3n) is 4.95. The molecule has 0 atom stereocenters. The van der Waals surface area contributed by atoms with Gasteiger partial charge in [0.15, 0.2) is 22.5 Å². The van der Waals surface area contributed by atoms with Crippen LogP contribution in [0.4, 0.5) is 5.82 Å². The summed E-state index contributed by atoms with van der Waals surface area (Å²) in [4.78, 5) is 21.1. The Morgan fingerprint density at radius 3 is 2.84 bits per heavy atom. The van der Waals surface area contributed by atoms with Gasteiger partial charge in [0, 0.05) is 27.6 Å². The van der Waals surface area contributed by atoms with Gasteiger partial charge in [0.05, 0.1) is 5.52 Å². The lowest BCUT2D eigenvalue weighted by atomic mass is 10.1. The molecule has 0 fully saturated rings. The van der Waals surface area contributed by atoms with Crippen molar-refractivity contribution >= 4 is 57.1 Å². The van der Waals surface area contributed by atoms with Gasteiger partial charge >= 0.3 is 0 Å². The van der Waals surface area contributed by atoms with Crippen LogP contribution in [0.1, 0.15) is 32.1 Å². The van der Waals surface area contributed by atoms with E-state index in [0.717, 1.165) is 62.9 Å². The summed E-state index contributed by atoms with van der Waals surface area (Å²) >= 11 is 3.85. The third-order valence-corrected chi connectivity index (χ3v) is 7.26. The van der Waals surface area contributed by atoms with Gasteiger partial charge in [-0.05, 0) is 53.6 Å². The van der Waals surface area contributed by atoms with E-state index in [1.54, 1.807) is 23.4 Å². The standard InChI is InChI=1S/C20H22IN5O4S/c21-12-9-14-15(30-11-29-14)10-16(12)31-20-24-18-13(6-7-23-19(18)22)26(20)8-4-2-1-3-5-17(27)25-28/h6-7,9-10,28H,1-5,8,11H2,(H2,22,23)(H,25,27). The maximum Gasteiger partial charge on any atom is 0.243 e. The van der Waals surface area contributed by atoms with Crippen LogP contribution < -0.4 is 20.7 Å². The van der Waals surface area contributed by atoms with E-state index in [4.69, 9.17) is 25.4 Å². The molecule has 3 aromatic rings. The van der Waals surface area contributed by atoms with Crippen LogP contribution in [0.3, 0.4) is 0 Å². The zero-order valence-corrected chi connectivity index (χ0v) is 19.6. The molecule has 0 bridgehead atoms. The average Bonchev–Trinajstić information content (AvgIpc) is 3.35. The van der Waals surface area contributed by atoms with Gasteiger partial charge in [-0.1, -0.05) is 24.6 Å². The number of hydrogen-bond donors (Lipinski definition) is 3. The Morgan fingerprint density at radius 2 is 2.03 bits per heavy atom. The van der Waals surface area contributed by atoms with E-state index in [0.29, 0.717) is 17.8 Å².